The number of aliphatic carboxylic acids is 1. The molecule has 2 N–H and O–H groups in total. The van der Waals surface area contributed by atoms with Crippen molar-refractivity contribution in [2.24, 2.45) is 5.92 Å². The Morgan fingerprint density at radius 3 is 2.44 bits per heavy atom. The van der Waals surface area contributed by atoms with Crippen molar-refractivity contribution in [1.82, 2.24) is 9.79 Å². The minimum Gasteiger partial charge on any atom is -0.490 e. The molecule has 25 heavy (non-hydrogen) atoms. The molecule has 0 aromatic heterocycles. The van der Waals surface area contributed by atoms with E-state index in [9.17, 15) is 9.00 Å². The van der Waals surface area contributed by atoms with Gasteiger partial charge in [0.2, 0.25) is 0 Å². The van der Waals surface area contributed by atoms with Crippen molar-refractivity contribution in [2.75, 3.05) is 13.1 Å². The van der Waals surface area contributed by atoms with Gasteiger partial charge in [0.05, 0.1) is 0 Å². The molecule has 1 aliphatic heterocycles. The van der Waals surface area contributed by atoms with Gasteiger partial charge in [0.1, 0.15) is 17.9 Å². The lowest BCUT2D eigenvalue weighted by Gasteiger charge is -2.30. The van der Waals surface area contributed by atoms with Crippen LogP contribution in [-0.2, 0) is 20.3 Å². The third kappa shape index (κ3) is 6.56. The summed E-state index contributed by atoms with van der Waals surface area (Å²) < 4.78 is 25.6. The molecule has 1 aliphatic rings. The van der Waals surface area contributed by atoms with Gasteiger partial charge in [-0.15, -0.1) is 0 Å². The summed E-state index contributed by atoms with van der Waals surface area (Å²) in [5.74, 6) is -0.499. The van der Waals surface area contributed by atoms with E-state index in [0.29, 0.717) is 31.0 Å². The topological polar surface area (TPSA) is 88.1 Å². The minimum atomic E-state index is -1.90. The lowest BCUT2D eigenvalue weighted by atomic mass is 10.1. The Kier molecular flexibility index (Phi) is 7.64. The second kappa shape index (κ2) is 9.49. The van der Waals surface area contributed by atoms with Crippen molar-refractivity contribution in [3.8, 4) is 5.75 Å². The van der Waals surface area contributed by atoms with Crippen LogP contribution in [0.3, 0.4) is 0 Å². The Labute approximate surface area is 155 Å². The number of halogens is 1. The van der Waals surface area contributed by atoms with E-state index >= 15 is 0 Å². The molecule has 1 aromatic rings. The van der Waals surface area contributed by atoms with Crippen molar-refractivity contribution in [1.29, 1.82) is 0 Å². The van der Waals surface area contributed by atoms with Gasteiger partial charge >= 0.3 is 5.97 Å². The lowest BCUT2D eigenvalue weighted by Crippen LogP contribution is -2.45. The number of hydrogen-bond donors (Lipinski definition) is 2. The molecule has 0 amide bonds. The minimum absolute atomic E-state index is 0.0462. The zero-order valence-electron chi connectivity index (χ0n) is 14.2. The number of nitrogens with one attached hydrogen (secondary N) is 1. The summed E-state index contributed by atoms with van der Waals surface area (Å²) in [6, 6.07) is 6.27. The summed E-state index contributed by atoms with van der Waals surface area (Å²) in [4.78, 5) is 11.1. The van der Waals surface area contributed by atoms with Crippen LogP contribution in [0.5, 0.6) is 5.75 Å². The first-order valence-electron chi connectivity index (χ1n) is 8.11. The maximum atomic E-state index is 12.0. The first-order chi connectivity index (χ1) is 11.8. The van der Waals surface area contributed by atoms with Crippen LogP contribution in [0.25, 0.3) is 0 Å². The van der Waals surface area contributed by atoms with Crippen LogP contribution in [0.15, 0.2) is 24.3 Å². The second-order valence-corrected chi connectivity index (χ2v) is 7.48. The maximum Gasteiger partial charge on any atom is 0.321 e. The molecule has 1 saturated heterocycles. The Balaban J connectivity index is 1.75. The third-order valence-corrected chi connectivity index (χ3v) is 4.89. The van der Waals surface area contributed by atoms with Gasteiger partial charge in [-0.2, -0.15) is 14.1 Å². The van der Waals surface area contributed by atoms with Crippen molar-refractivity contribution in [3.05, 3.63) is 29.3 Å². The van der Waals surface area contributed by atoms with E-state index in [-0.39, 0.29) is 12.0 Å². The summed E-state index contributed by atoms with van der Waals surface area (Å²) in [7, 11) is 0. The van der Waals surface area contributed by atoms with E-state index in [1.54, 1.807) is 31.0 Å². The van der Waals surface area contributed by atoms with Crippen molar-refractivity contribution in [2.45, 2.75) is 38.8 Å². The van der Waals surface area contributed by atoms with Crippen LogP contribution in [0.2, 0.25) is 5.02 Å². The normalized spacial score (nSPS) is 18.9. The van der Waals surface area contributed by atoms with E-state index < -0.39 is 23.3 Å². The molecule has 2 unspecified atom stereocenters. The summed E-state index contributed by atoms with van der Waals surface area (Å²) in [5.41, 5.74) is 0. The maximum absolute atomic E-state index is 12.0. The van der Waals surface area contributed by atoms with E-state index in [1.165, 1.54) is 0 Å². The molecule has 0 bridgehead atoms. The van der Waals surface area contributed by atoms with Gasteiger partial charge in [0, 0.05) is 18.1 Å². The molecule has 0 saturated carbocycles. The highest BCUT2D eigenvalue weighted by Gasteiger charge is 2.27. The van der Waals surface area contributed by atoms with Gasteiger partial charge in [0.25, 0.3) is 11.3 Å². The SMILES string of the molecule is CC(C)C(NS(=O)ON1CCC(Oc2ccc(Cl)cc2)CC1)C(=O)O. The first-order valence-corrected chi connectivity index (χ1v) is 9.57. The smallest absolute Gasteiger partial charge is 0.321 e. The molecular formula is C16H23ClN2O5S. The van der Waals surface area contributed by atoms with Crippen LogP contribution < -0.4 is 9.46 Å². The highest BCUT2D eigenvalue weighted by molar-refractivity contribution is 7.78. The first kappa shape index (κ1) is 20.1. The van der Waals surface area contributed by atoms with E-state index in [1.807, 2.05) is 12.1 Å². The zero-order chi connectivity index (χ0) is 18.4. The van der Waals surface area contributed by atoms with E-state index in [2.05, 4.69) is 4.72 Å². The van der Waals surface area contributed by atoms with E-state index in [4.69, 9.17) is 25.7 Å². The monoisotopic (exact) mass is 390 g/mol. The largest absolute Gasteiger partial charge is 0.490 e. The van der Waals surface area contributed by atoms with Crippen LogP contribution in [-0.4, -0.2) is 45.6 Å². The molecule has 1 fully saturated rings. The number of hydroxylamine groups is 2. The second-order valence-electron chi connectivity index (χ2n) is 6.19. The predicted molar refractivity (Wildman–Crippen MR) is 95.3 cm³/mol. The van der Waals surface area contributed by atoms with Gasteiger partial charge in [-0.25, -0.2) is 4.21 Å². The zero-order valence-corrected chi connectivity index (χ0v) is 15.8. The molecule has 9 heteroatoms. The quantitative estimate of drug-likeness (QED) is 0.708. The molecule has 0 spiro atoms. The highest BCUT2D eigenvalue weighted by atomic mass is 35.5. The van der Waals surface area contributed by atoms with Gasteiger partial charge in [-0.05, 0) is 43.0 Å². The summed E-state index contributed by atoms with van der Waals surface area (Å²) in [5, 5.41) is 11.3. The van der Waals surface area contributed by atoms with Gasteiger partial charge in [-0.1, -0.05) is 25.4 Å². The fourth-order valence-electron chi connectivity index (χ4n) is 2.42. The number of nitrogens with zero attached hydrogens (tertiary/aromatic N) is 1. The Morgan fingerprint density at radius 2 is 1.92 bits per heavy atom. The Morgan fingerprint density at radius 1 is 1.32 bits per heavy atom. The Bertz CT molecular complexity index is 591. The number of carboxylic acid groups (broad SMARTS) is 1. The highest BCUT2D eigenvalue weighted by Crippen LogP contribution is 2.21. The molecule has 1 aromatic carbocycles. The average molecular weight is 391 g/mol. The predicted octanol–water partition coefficient (Wildman–Crippen LogP) is 2.39. The van der Waals surface area contributed by atoms with Crippen molar-refractivity contribution in [3.63, 3.8) is 0 Å². The van der Waals surface area contributed by atoms with Crippen LogP contribution >= 0.6 is 11.6 Å². The molecular weight excluding hydrogens is 368 g/mol. The van der Waals surface area contributed by atoms with Gasteiger partial charge < -0.3 is 9.84 Å². The third-order valence-electron chi connectivity index (χ3n) is 3.85. The average Bonchev–Trinajstić information content (AvgIpc) is 2.56. The summed E-state index contributed by atoms with van der Waals surface area (Å²) in [6.45, 7) is 4.57. The number of ether oxygens (including phenoxy) is 1. The number of carboxylic acids is 1. The van der Waals surface area contributed by atoms with Crippen molar-refractivity contribution >= 4 is 28.8 Å². The molecule has 7 nitrogen and oxygen atoms in total. The number of piperidine rings is 1. The fraction of sp³-hybridized carbons (Fsp3) is 0.562. The molecule has 1 heterocycles. The number of rotatable bonds is 8. The number of carbonyl (C=O) groups is 1. The van der Waals surface area contributed by atoms with Crippen LogP contribution in [0, 0.1) is 5.92 Å². The molecule has 2 rings (SSSR count). The Hall–Kier alpha value is -1.19. The number of hydrogen-bond acceptors (Lipinski definition) is 5. The van der Waals surface area contributed by atoms with Crippen molar-refractivity contribution < 1.29 is 23.1 Å². The van der Waals surface area contributed by atoms with Gasteiger partial charge in [0.15, 0.2) is 0 Å². The van der Waals surface area contributed by atoms with E-state index in [0.717, 1.165) is 5.75 Å². The van der Waals surface area contributed by atoms with Crippen LogP contribution in [0.4, 0.5) is 0 Å². The molecule has 2 atom stereocenters. The molecule has 0 radical (unpaired) electrons. The summed E-state index contributed by atoms with van der Waals surface area (Å²) >= 11 is 3.95. The molecule has 0 aliphatic carbocycles. The molecule has 140 valence electrons. The fourth-order valence-corrected chi connectivity index (χ4v) is 3.51. The van der Waals surface area contributed by atoms with Gasteiger partial charge in [-0.3, -0.25) is 4.79 Å². The van der Waals surface area contributed by atoms with Crippen LogP contribution in [0.1, 0.15) is 26.7 Å². The lowest BCUT2D eigenvalue weighted by molar-refractivity contribution is -0.140. The standard InChI is InChI=1S/C16H23ClN2O5S/c1-11(2)15(16(20)21)18-25(22)24-19-9-7-14(8-10-19)23-13-5-3-12(17)4-6-13/h3-6,11,14-15,18H,7-10H2,1-2H3,(H,20,21). The summed E-state index contributed by atoms with van der Waals surface area (Å²) in [6.07, 6.45) is 1.48. The number of benzene rings is 1.